The summed E-state index contributed by atoms with van der Waals surface area (Å²) in [6, 6.07) is 4.56. The highest BCUT2D eigenvalue weighted by molar-refractivity contribution is 7.99. The molecule has 0 aromatic heterocycles. The number of amides is 3. The predicted molar refractivity (Wildman–Crippen MR) is 130 cm³/mol. The van der Waals surface area contributed by atoms with Gasteiger partial charge in [-0.1, -0.05) is 12.1 Å². The van der Waals surface area contributed by atoms with E-state index in [4.69, 9.17) is 9.47 Å². The molecule has 186 valence electrons. The minimum Gasteiger partial charge on any atom is -0.458 e. The summed E-state index contributed by atoms with van der Waals surface area (Å²) >= 11 is 1.53. The molecular weight excluding hydrogens is 456 g/mol. The molecule has 3 rings (SSSR count). The largest absolute Gasteiger partial charge is 0.458 e. The molecule has 34 heavy (non-hydrogen) atoms. The Kier molecular flexibility index (Phi) is 7.48. The molecule has 0 N–H and O–H groups in total. The zero-order valence-electron chi connectivity index (χ0n) is 20.9. The number of likely N-dealkylation sites (tertiary alicyclic amines) is 1. The summed E-state index contributed by atoms with van der Waals surface area (Å²) in [6.45, 7) is 11.1. The van der Waals surface area contributed by atoms with Crippen molar-refractivity contribution in [1.29, 1.82) is 0 Å². The van der Waals surface area contributed by atoms with Crippen molar-refractivity contribution in [2.45, 2.75) is 76.5 Å². The quantitative estimate of drug-likeness (QED) is 0.447. The van der Waals surface area contributed by atoms with Crippen molar-refractivity contribution in [3.8, 4) is 0 Å². The Morgan fingerprint density at radius 2 is 1.59 bits per heavy atom. The summed E-state index contributed by atoms with van der Waals surface area (Å²) in [5.41, 5.74) is -0.716. The maximum atomic E-state index is 13.8. The van der Waals surface area contributed by atoms with Gasteiger partial charge in [0, 0.05) is 11.8 Å². The molecule has 0 spiro atoms. The number of hydrogen-bond acceptors (Lipinski definition) is 7. The van der Waals surface area contributed by atoms with Crippen LogP contribution in [-0.2, 0) is 19.1 Å². The summed E-state index contributed by atoms with van der Waals surface area (Å²) in [6.07, 6.45) is 2.23. The van der Waals surface area contributed by atoms with Crippen LogP contribution in [0.25, 0.3) is 0 Å². The summed E-state index contributed by atoms with van der Waals surface area (Å²) in [7, 11) is 0. The number of ether oxygens (including phenoxy) is 2. The van der Waals surface area contributed by atoms with E-state index in [1.165, 1.54) is 16.7 Å². The van der Waals surface area contributed by atoms with Crippen LogP contribution in [0.2, 0.25) is 0 Å². The zero-order valence-corrected chi connectivity index (χ0v) is 21.7. The number of carbonyl (C=O) groups excluding carboxylic acids is 4. The molecule has 0 aliphatic carbocycles. The second kappa shape index (κ2) is 9.70. The van der Waals surface area contributed by atoms with Gasteiger partial charge in [0.2, 0.25) is 5.91 Å². The molecule has 1 aromatic rings. The molecule has 2 heterocycles. The molecule has 2 aliphatic heterocycles. The number of rotatable bonds is 6. The number of fused-ring (bicyclic) bond motifs is 1. The fraction of sp³-hybridized carbons (Fsp3) is 0.600. The number of benzene rings is 1. The van der Waals surface area contributed by atoms with Crippen LogP contribution in [0.1, 0.15) is 68.7 Å². The van der Waals surface area contributed by atoms with E-state index in [0.717, 1.165) is 4.90 Å². The molecule has 1 fully saturated rings. The van der Waals surface area contributed by atoms with Crippen LogP contribution in [0.15, 0.2) is 24.3 Å². The smallest absolute Gasteiger partial charge is 0.331 e. The Balaban J connectivity index is 1.95. The summed E-state index contributed by atoms with van der Waals surface area (Å²) in [4.78, 5) is 55.7. The monoisotopic (exact) mass is 490 g/mol. The minimum absolute atomic E-state index is 0.0555. The molecule has 1 aromatic carbocycles. The molecule has 0 radical (unpaired) electrons. The Morgan fingerprint density at radius 3 is 2.06 bits per heavy atom. The lowest BCUT2D eigenvalue weighted by Gasteiger charge is -2.43. The standard InChI is InChI=1S/C25H34N2O6S/c1-24(2,3)32-14-19(23(31)33-25(4,5)6)26-13-15(34-7)12-18(22(26)30)27-20(28)16-10-8-9-11-17(16)21(27)29/h8-11,15,18-19H,12-14H2,1-7H3/t15-,18+,19+/m1/s1. The second-order valence-electron chi connectivity index (χ2n) is 10.6. The number of hydrogen-bond donors (Lipinski definition) is 0. The first-order valence-corrected chi connectivity index (χ1v) is 12.7. The molecule has 3 atom stereocenters. The van der Waals surface area contributed by atoms with Crippen LogP contribution in [0.4, 0.5) is 0 Å². The highest BCUT2D eigenvalue weighted by Crippen LogP contribution is 2.32. The molecule has 0 saturated carbocycles. The van der Waals surface area contributed by atoms with Crippen LogP contribution in [-0.4, -0.2) is 81.4 Å². The fourth-order valence-corrected chi connectivity index (χ4v) is 4.75. The average molecular weight is 491 g/mol. The lowest BCUT2D eigenvalue weighted by atomic mass is 10.00. The zero-order chi connectivity index (χ0) is 25.4. The highest BCUT2D eigenvalue weighted by Gasteiger charge is 2.49. The lowest BCUT2D eigenvalue weighted by molar-refractivity contribution is -0.171. The normalized spacial score (nSPS) is 22.1. The first kappa shape index (κ1) is 26.2. The Bertz CT molecular complexity index is 945. The van der Waals surface area contributed by atoms with Gasteiger partial charge in [-0.3, -0.25) is 19.3 Å². The van der Waals surface area contributed by atoms with Gasteiger partial charge in [-0.05, 0) is 66.4 Å². The number of carbonyl (C=O) groups is 4. The summed E-state index contributed by atoms with van der Waals surface area (Å²) in [5.74, 6) is -2.00. The highest BCUT2D eigenvalue weighted by atomic mass is 32.2. The van der Waals surface area contributed by atoms with Crippen LogP contribution in [0.3, 0.4) is 0 Å². The van der Waals surface area contributed by atoms with Crippen molar-refractivity contribution in [3.63, 3.8) is 0 Å². The fourth-order valence-electron chi connectivity index (χ4n) is 4.07. The Hall–Kier alpha value is -2.39. The molecule has 8 nitrogen and oxygen atoms in total. The lowest BCUT2D eigenvalue weighted by Crippen LogP contribution is -2.62. The Labute approximate surface area is 205 Å². The van der Waals surface area contributed by atoms with Crippen LogP contribution in [0, 0.1) is 0 Å². The Morgan fingerprint density at radius 1 is 1.03 bits per heavy atom. The number of thioether (sulfide) groups is 1. The van der Waals surface area contributed by atoms with Gasteiger partial charge in [0.15, 0.2) is 6.04 Å². The van der Waals surface area contributed by atoms with Gasteiger partial charge in [-0.15, -0.1) is 0 Å². The van der Waals surface area contributed by atoms with E-state index in [-0.39, 0.29) is 29.5 Å². The number of nitrogens with zero attached hydrogens (tertiary/aromatic N) is 2. The van der Waals surface area contributed by atoms with Crippen molar-refractivity contribution in [2.24, 2.45) is 0 Å². The third-order valence-electron chi connectivity index (χ3n) is 5.65. The third-order valence-corrected chi connectivity index (χ3v) is 6.66. The van der Waals surface area contributed by atoms with Crippen LogP contribution < -0.4 is 0 Å². The molecule has 2 aliphatic rings. The van der Waals surface area contributed by atoms with Gasteiger partial charge in [0.05, 0.1) is 23.3 Å². The van der Waals surface area contributed by atoms with Gasteiger partial charge in [0.25, 0.3) is 11.8 Å². The first-order valence-electron chi connectivity index (χ1n) is 11.4. The van der Waals surface area contributed by atoms with Crippen molar-refractivity contribution in [3.05, 3.63) is 35.4 Å². The SMILES string of the molecule is CS[C@@H]1C[C@H](N2C(=O)c3ccccc3C2=O)C(=O)N([C@@H](COC(C)(C)C)C(=O)OC(C)(C)C)C1. The van der Waals surface area contributed by atoms with Gasteiger partial charge < -0.3 is 14.4 Å². The molecule has 1 saturated heterocycles. The predicted octanol–water partition coefficient (Wildman–Crippen LogP) is 3.14. The number of esters is 1. The van der Waals surface area contributed by atoms with E-state index >= 15 is 0 Å². The summed E-state index contributed by atoms with van der Waals surface area (Å²) in [5, 5.41) is -0.0772. The molecule has 3 amide bonds. The van der Waals surface area contributed by atoms with Gasteiger partial charge >= 0.3 is 5.97 Å². The molecule has 9 heteroatoms. The van der Waals surface area contributed by atoms with Gasteiger partial charge in [0.1, 0.15) is 11.6 Å². The van der Waals surface area contributed by atoms with Crippen molar-refractivity contribution >= 4 is 35.5 Å². The van der Waals surface area contributed by atoms with Gasteiger partial charge in [-0.25, -0.2) is 4.79 Å². The van der Waals surface area contributed by atoms with E-state index in [2.05, 4.69) is 0 Å². The van der Waals surface area contributed by atoms with Crippen LogP contribution in [0.5, 0.6) is 0 Å². The molecule has 0 bridgehead atoms. The maximum absolute atomic E-state index is 13.8. The van der Waals surface area contributed by atoms with E-state index < -0.39 is 47.0 Å². The van der Waals surface area contributed by atoms with E-state index in [0.29, 0.717) is 6.42 Å². The van der Waals surface area contributed by atoms with Crippen LogP contribution >= 0.6 is 11.8 Å². The molecule has 0 unspecified atom stereocenters. The first-order chi connectivity index (χ1) is 15.7. The summed E-state index contributed by atoms with van der Waals surface area (Å²) < 4.78 is 11.5. The molecular formula is C25H34N2O6S. The topological polar surface area (TPSA) is 93.2 Å². The second-order valence-corrected chi connectivity index (χ2v) is 11.7. The van der Waals surface area contributed by atoms with Crippen molar-refractivity contribution in [1.82, 2.24) is 9.80 Å². The van der Waals surface area contributed by atoms with Gasteiger partial charge in [-0.2, -0.15) is 11.8 Å². The van der Waals surface area contributed by atoms with E-state index in [1.807, 2.05) is 27.0 Å². The number of imide groups is 1. The minimum atomic E-state index is -1.00. The third kappa shape index (κ3) is 5.63. The van der Waals surface area contributed by atoms with E-state index in [1.54, 1.807) is 45.0 Å². The van der Waals surface area contributed by atoms with Crippen molar-refractivity contribution in [2.75, 3.05) is 19.4 Å². The average Bonchev–Trinajstić information content (AvgIpc) is 2.98. The van der Waals surface area contributed by atoms with E-state index in [9.17, 15) is 19.2 Å². The maximum Gasteiger partial charge on any atom is 0.331 e. The number of piperidine rings is 1. The van der Waals surface area contributed by atoms with Crippen molar-refractivity contribution < 1.29 is 28.7 Å².